The van der Waals surface area contributed by atoms with Gasteiger partial charge in [0.25, 0.3) is 5.56 Å². The Balaban J connectivity index is 2.15. The van der Waals surface area contributed by atoms with Gasteiger partial charge in [-0.05, 0) is 29.1 Å². The molecule has 2 aromatic heterocycles. The van der Waals surface area contributed by atoms with E-state index in [0.29, 0.717) is 10.2 Å². The van der Waals surface area contributed by atoms with Crippen LogP contribution in [0.5, 0.6) is 0 Å². The largest absolute Gasteiger partial charge is 0.329 e. The van der Waals surface area contributed by atoms with Crippen molar-refractivity contribution in [2.24, 2.45) is 0 Å². The Morgan fingerprint density at radius 1 is 1.15 bits per heavy atom. The summed E-state index contributed by atoms with van der Waals surface area (Å²) >= 11 is 1.20. The van der Waals surface area contributed by atoms with Crippen LogP contribution in [0.15, 0.2) is 39.2 Å². The molecular formula is C13H8F2N2O2S. The Hall–Kier alpha value is -2.28. The van der Waals surface area contributed by atoms with Crippen LogP contribution in [0.25, 0.3) is 10.2 Å². The SMILES string of the molecule is O=c1[nH]c2ccsc2c(=O)n1Cc1cc(F)cc(F)c1. The number of benzene rings is 1. The monoisotopic (exact) mass is 294 g/mol. The van der Waals surface area contributed by atoms with Crippen LogP contribution in [0.1, 0.15) is 5.56 Å². The first kappa shape index (κ1) is 12.7. The molecule has 1 aromatic carbocycles. The van der Waals surface area contributed by atoms with Crippen molar-refractivity contribution in [1.29, 1.82) is 0 Å². The molecule has 1 N–H and O–H groups in total. The van der Waals surface area contributed by atoms with E-state index in [9.17, 15) is 18.4 Å². The van der Waals surface area contributed by atoms with Crippen LogP contribution in [0.4, 0.5) is 8.78 Å². The van der Waals surface area contributed by atoms with E-state index in [1.165, 1.54) is 11.3 Å². The molecule has 102 valence electrons. The van der Waals surface area contributed by atoms with E-state index < -0.39 is 22.9 Å². The lowest BCUT2D eigenvalue weighted by Gasteiger charge is -2.05. The molecule has 3 aromatic rings. The van der Waals surface area contributed by atoms with Crippen molar-refractivity contribution in [3.8, 4) is 0 Å². The predicted molar refractivity (Wildman–Crippen MR) is 72.2 cm³/mol. The highest BCUT2D eigenvalue weighted by molar-refractivity contribution is 7.17. The quantitative estimate of drug-likeness (QED) is 0.786. The average molecular weight is 294 g/mol. The first-order valence-corrected chi connectivity index (χ1v) is 6.58. The van der Waals surface area contributed by atoms with E-state index in [-0.39, 0.29) is 12.1 Å². The van der Waals surface area contributed by atoms with Gasteiger partial charge < -0.3 is 4.98 Å². The Labute approximate surface area is 114 Å². The molecule has 0 saturated carbocycles. The van der Waals surface area contributed by atoms with Gasteiger partial charge in [0.2, 0.25) is 0 Å². The summed E-state index contributed by atoms with van der Waals surface area (Å²) in [5.41, 5.74) is -0.397. The summed E-state index contributed by atoms with van der Waals surface area (Å²) in [5, 5.41) is 1.69. The zero-order valence-electron chi connectivity index (χ0n) is 10.0. The summed E-state index contributed by atoms with van der Waals surface area (Å²) in [6.45, 7) is -0.184. The lowest BCUT2D eigenvalue weighted by atomic mass is 10.2. The van der Waals surface area contributed by atoms with Crippen LogP contribution in [0, 0.1) is 11.6 Å². The molecule has 3 rings (SSSR count). The lowest BCUT2D eigenvalue weighted by Crippen LogP contribution is -2.34. The number of rotatable bonds is 2. The smallest absolute Gasteiger partial charge is 0.306 e. The van der Waals surface area contributed by atoms with Crippen molar-refractivity contribution >= 4 is 21.6 Å². The first-order valence-electron chi connectivity index (χ1n) is 5.70. The number of halogens is 2. The van der Waals surface area contributed by atoms with Crippen molar-refractivity contribution < 1.29 is 8.78 Å². The second-order valence-electron chi connectivity index (χ2n) is 4.26. The summed E-state index contributed by atoms with van der Waals surface area (Å²) in [6.07, 6.45) is 0. The minimum absolute atomic E-state index is 0.184. The van der Waals surface area contributed by atoms with Gasteiger partial charge in [0.05, 0.1) is 12.1 Å². The van der Waals surface area contributed by atoms with E-state index in [1.54, 1.807) is 11.4 Å². The summed E-state index contributed by atoms with van der Waals surface area (Å²) < 4.78 is 27.6. The number of H-pyrrole nitrogens is 1. The molecular weight excluding hydrogens is 286 g/mol. The zero-order chi connectivity index (χ0) is 14.3. The number of hydrogen-bond donors (Lipinski definition) is 1. The van der Waals surface area contributed by atoms with Gasteiger partial charge in [0.1, 0.15) is 16.3 Å². The minimum Gasteiger partial charge on any atom is -0.306 e. The van der Waals surface area contributed by atoms with Crippen LogP contribution in [0.2, 0.25) is 0 Å². The molecule has 0 radical (unpaired) electrons. The van der Waals surface area contributed by atoms with E-state index in [4.69, 9.17) is 0 Å². The number of thiophene rings is 1. The standard InChI is InChI=1S/C13H8F2N2O2S/c14-8-3-7(4-9(15)5-8)6-17-12(18)11-10(1-2-20-11)16-13(17)19/h1-5H,6H2,(H,16,19). The van der Waals surface area contributed by atoms with Crippen molar-refractivity contribution in [1.82, 2.24) is 9.55 Å². The summed E-state index contributed by atoms with van der Waals surface area (Å²) in [7, 11) is 0. The molecule has 20 heavy (non-hydrogen) atoms. The second kappa shape index (κ2) is 4.68. The Kier molecular flexibility index (Phi) is 2.98. The van der Waals surface area contributed by atoms with Gasteiger partial charge in [-0.1, -0.05) is 0 Å². The molecule has 0 amide bonds. The molecule has 7 heteroatoms. The molecule has 0 atom stereocenters. The maximum absolute atomic E-state index is 13.1. The summed E-state index contributed by atoms with van der Waals surface area (Å²) in [6, 6.07) is 4.55. The third-order valence-electron chi connectivity index (χ3n) is 2.85. The Morgan fingerprint density at radius 3 is 2.55 bits per heavy atom. The van der Waals surface area contributed by atoms with Crippen molar-refractivity contribution in [3.05, 3.63) is 67.7 Å². The number of nitrogens with zero attached hydrogens (tertiary/aromatic N) is 1. The third-order valence-corrected chi connectivity index (χ3v) is 3.76. The number of fused-ring (bicyclic) bond motifs is 1. The van der Waals surface area contributed by atoms with E-state index >= 15 is 0 Å². The Bertz CT molecular complexity index is 890. The third kappa shape index (κ3) is 2.16. The van der Waals surface area contributed by atoms with Crippen molar-refractivity contribution in [3.63, 3.8) is 0 Å². The summed E-state index contributed by atoms with van der Waals surface area (Å²) in [5.74, 6) is -1.50. The molecule has 0 bridgehead atoms. The first-order chi connectivity index (χ1) is 9.54. The van der Waals surface area contributed by atoms with Crippen LogP contribution in [-0.2, 0) is 6.54 Å². The Morgan fingerprint density at radius 2 is 1.85 bits per heavy atom. The van der Waals surface area contributed by atoms with Gasteiger partial charge in [-0.25, -0.2) is 13.6 Å². The highest BCUT2D eigenvalue weighted by Crippen LogP contribution is 2.13. The van der Waals surface area contributed by atoms with E-state index in [1.807, 2.05) is 0 Å². The van der Waals surface area contributed by atoms with Crippen molar-refractivity contribution in [2.45, 2.75) is 6.54 Å². The molecule has 0 fully saturated rings. The second-order valence-corrected chi connectivity index (χ2v) is 5.18. The fourth-order valence-electron chi connectivity index (χ4n) is 2.00. The molecule has 0 aliphatic heterocycles. The van der Waals surface area contributed by atoms with Crippen LogP contribution < -0.4 is 11.2 Å². The van der Waals surface area contributed by atoms with Crippen LogP contribution >= 0.6 is 11.3 Å². The highest BCUT2D eigenvalue weighted by atomic mass is 32.1. The van der Waals surface area contributed by atoms with E-state index in [2.05, 4.69) is 4.98 Å². The lowest BCUT2D eigenvalue weighted by molar-refractivity contribution is 0.575. The molecule has 4 nitrogen and oxygen atoms in total. The predicted octanol–water partition coefficient (Wildman–Crippen LogP) is 2.08. The topological polar surface area (TPSA) is 54.9 Å². The van der Waals surface area contributed by atoms with Gasteiger partial charge in [0, 0.05) is 6.07 Å². The molecule has 0 aliphatic rings. The number of aromatic amines is 1. The maximum Gasteiger partial charge on any atom is 0.329 e. The van der Waals surface area contributed by atoms with Crippen LogP contribution in [-0.4, -0.2) is 9.55 Å². The number of nitrogens with one attached hydrogen (secondary N) is 1. The van der Waals surface area contributed by atoms with Gasteiger partial charge in [-0.2, -0.15) is 0 Å². The fourth-order valence-corrected chi connectivity index (χ4v) is 2.80. The normalized spacial score (nSPS) is 11.1. The molecule has 0 spiro atoms. The highest BCUT2D eigenvalue weighted by Gasteiger charge is 2.10. The van der Waals surface area contributed by atoms with Crippen LogP contribution in [0.3, 0.4) is 0 Å². The number of hydrogen-bond acceptors (Lipinski definition) is 3. The zero-order valence-corrected chi connectivity index (χ0v) is 10.8. The minimum atomic E-state index is -0.748. The summed E-state index contributed by atoms with van der Waals surface area (Å²) in [4.78, 5) is 26.6. The molecule has 0 unspecified atom stereocenters. The van der Waals surface area contributed by atoms with Gasteiger partial charge >= 0.3 is 5.69 Å². The number of aromatic nitrogens is 2. The average Bonchev–Trinajstić information content (AvgIpc) is 2.81. The van der Waals surface area contributed by atoms with E-state index in [0.717, 1.165) is 22.8 Å². The van der Waals surface area contributed by atoms with Gasteiger partial charge in [-0.15, -0.1) is 11.3 Å². The van der Waals surface area contributed by atoms with Gasteiger partial charge in [-0.3, -0.25) is 9.36 Å². The molecule has 2 heterocycles. The molecule has 0 aliphatic carbocycles. The molecule has 0 saturated heterocycles. The fraction of sp³-hybridized carbons (Fsp3) is 0.0769. The van der Waals surface area contributed by atoms with Gasteiger partial charge in [0.15, 0.2) is 0 Å². The van der Waals surface area contributed by atoms with Crippen molar-refractivity contribution in [2.75, 3.05) is 0 Å². The maximum atomic E-state index is 13.1.